The highest BCUT2D eigenvalue weighted by Gasteiger charge is 2.28. The molecule has 1 heterocycles. The molecule has 3 atom stereocenters. The van der Waals surface area contributed by atoms with Gasteiger partial charge in [-0.1, -0.05) is 31.8 Å². The maximum atomic E-state index is 11.8. The molecule has 1 saturated carbocycles. The number of anilines is 1. The lowest BCUT2D eigenvalue weighted by molar-refractivity contribution is 0.201. The third kappa shape index (κ3) is 3.03. The molecule has 2 rings (SSSR count). The van der Waals surface area contributed by atoms with Crippen LogP contribution in [-0.4, -0.2) is 17.2 Å². The molecule has 0 aliphatic heterocycles. The van der Waals surface area contributed by atoms with Gasteiger partial charge in [0.05, 0.1) is 0 Å². The van der Waals surface area contributed by atoms with Crippen molar-refractivity contribution in [2.75, 3.05) is 5.32 Å². The van der Waals surface area contributed by atoms with Crippen LogP contribution in [0.15, 0.2) is 10.6 Å². The van der Waals surface area contributed by atoms with Crippen molar-refractivity contribution in [1.82, 2.24) is 10.5 Å². The van der Waals surface area contributed by atoms with Gasteiger partial charge in [0.25, 0.3) is 0 Å². The normalized spacial score (nSPS) is 27.8. The molecule has 0 unspecified atom stereocenters. The van der Waals surface area contributed by atoms with E-state index in [1.165, 1.54) is 12.8 Å². The monoisotopic (exact) mass is 251 g/mol. The third-order valence-corrected chi connectivity index (χ3v) is 3.89. The molecule has 0 spiro atoms. The van der Waals surface area contributed by atoms with E-state index in [1.54, 1.807) is 13.0 Å². The van der Waals surface area contributed by atoms with E-state index in [-0.39, 0.29) is 12.1 Å². The summed E-state index contributed by atoms with van der Waals surface area (Å²) in [7, 11) is 0. The zero-order valence-electron chi connectivity index (χ0n) is 11.2. The summed E-state index contributed by atoms with van der Waals surface area (Å²) >= 11 is 0. The lowest BCUT2D eigenvalue weighted by Gasteiger charge is -2.34. The minimum Gasteiger partial charge on any atom is -0.360 e. The Kier molecular flexibility index (Phi) is 3.89. The first-order valence-electron chi connectivity index (χ1n) is 6.57. The zero-order valence-corrected chi connectivity index (χ0v) is 11.2. The molecule has 1 aromatic heterocycles. The minimum absolute atomic E-state index is 0.200. The Labute approximate surface area is 107 Å². The Morgan fingerprint density at radius 2 is 2.22 bits per heavy atom. The summed E-state index contributed by atoms with van der Waals surface area (Å²) in [6.07, 6.45) is 3.49. The molecule has 1 aliphatic carbocycles. The number of nitrogens with one attached hydrogen (secondary N) is 2. The van der Waals surface area contributed by atoms with Crippen molar-refractivity contribution < 1.29 is 9.32 Å². The van der Waals surface area contributed by atoms with Crippen LogP contribution in [0.1, 0.15) is 38.9 Å². The predicted molar refractivity (Wildman–Crippen MR) is 69.4 cm³/mol. The molecule has 100 valence electrons. The molecule has 0 radical (unpaired) electrons. The molecule has 5 heteroatoms. The van der Waals surface area contributed by atoms with Gasteiger partial charge in [-0.2, -0.15) is 0 Å². The number of hydrogen-bond donors (Lipinski definition) is 2. The van der Waals surface area contributed by atoms with Crippen molar-refractivity contribution in [2.45, 2.75) is 46.1 Å². The standard InChI is InChI=1S/C13H21N3O2/c1-8-5-4-6-11(10(8)3)14-13(17)15-12-7-9(2)18-16-12/h7-8,10-11H,4-6H2,1-3H3,(H2,14,15,16,17)/t8-,10-,11-/m1/s1. The predicted octanol–water partition coefficient (Wildman–Crippen LogP) is 2.93. The van der Waals surface area contributed by atoms with Gasteiger partial charge in [0.15, 0.2) is 5.82 Å². The number of carbonyl (C=O) groups excluding carboxylic acids is 1. The number of urea groups is 1. The molecule has 0 bridgehead atoms. The molecule has 5 nitrogen and oxygen atoms in total. The van der Waals surface area contributed by atoms with Gasteiger partial charge in [-0.3, -0.25) is 5.32 Å². The van der Waals surface area contributed by atoms with E-state index in [2.05, 4.69) is 29.6 Å². The number of aryl methyl sites for hydroxylation is 1. The van der Waals surface area contributed by atoms with Crippen molar-refractivity contribution in [2.24, 2.45) is 11.8 Å². The molecule has 18 heavy (non-hydrogen) atoms. The van der Waals surface area contributed by atoms with Crippen molar-refractivity contribution in [3.8, 4) is 0 Å². The van der Waals surface area contributed by atoms with Crippen LogP contribution in [0.5, 0.6) is 0 Å². The fourth-order valence-electron chi connectivity index (χ4n) is 2.53. The van der Waals surface area contributed by atoms with Crippen LogP contribution in [0.3, 0.4) is 0 Å². The zero-order chi connectivity index (χ0) is 13.1. The fourth-order valence-corrected chi connectivity index (χ4v) is 2.53. The molecular weight excluding hydrogens is 230 g/mol. The Bertz CT molecular complexity index is 416. The average Bonchev–Trinajstić information content (AvgIpc) is 2.70. The van der Waals surface area contributed by atoms with Gasteiger partial charge >= 0.3 is 6.03 Å². The molecule has 0 saturated heterocycles. The van der Waals surface area contributed by atoms with Crippen LogP contribution in [0, 0.1) is 18.8 Å². The van der Waals surface area contributed by atoms with Gasteiger partial charge in [-0.05, 0) is 25.2 Å². The molecular formula is C13H21N3O2. The lowest BCUT2D eigenvalue weighted by Crippen LogP contribution is -2.45. The van der Waals surface area contributed by atoms with Crippen LogP contribution in [0.2, 0.25) is 0 Å². The summed E-state index contributed by atoms with van der Waals surface area (Å²) in [6, 6.07) is 1.75. The second-order valence-corrected chi connectivity index (χ2v) is 5.30. The quantitative estimate of drug-likeness (QED) is 0.849. The van der Waals surface area contributed by atoms with E-state index < -0.39 is 0 Å². The fraction of sp³-hybridized carbons (Fsp3) is 0.692. The highest BCUT2D eigenvalue weighted by atomic mass is 16.5. The van der Waals surface area contributed by atoms with Gasteiger partial charge in [0, 0.05) is 12.1 Å². The highest BCUT2D eigenvalue weighted by Crippen LogP contribution is 2.29. The van der Waals surface area contributed by atoms with Gasteiger partial charge < -0.3 is 9.84 Å². The van der Waals surface area contributed by atoms with E-state index >= 15 is 0 Å². The molecule has 0 aromatic carbocycles. The summed E-state index contributed by atoms with van der Waals surface area (Å²) in [5.74, 6) is 2.33. The first kappa shape index (κ1) is 12.9. The maximum Gasteiger partial charge on any atom is 0.320 e. The summed E-state index contributed by atoms with van der Waals surface area (Å²) in [6.45, 7) is 6.24. The number of aromatic nitrogens is 1. The van der Waals surface area contributed by atoms with E-state index in [4.69, 9.17) is 4.52 Å². The lowest BCUT2D eigenvalue weighted by atomic mass is 9.78. The maximum absolute atomic E-state index is 11.8. The SMILES string of the molecule is Cc1cc(NC(=O)N[C@@H]2CCC[C@@H](C)[C@H]2C)no1. The van der Waals surface area contributed by atoms with Gasteiger partial charge in [0.2, 0.25) is 0 Å². The number of hydrogen-bond acceptors (Lipinski definition) is 3. The summed E-state index contributed by atoms with van der Waals surface area (Å²) in [5, 5.41) is 9.45. The van der Waals surface area contributed by atoms with Crippen LogP contribution < -0.4 is 10.6 Å². The van der Waals surface area contributed by atoms with Crippen LogP contribution in [-0.2, 0) is 0 Å². The van der Waals surface area contributed by atoms with E-state index in [9.17, 15) is 4.79 Å². The van der Waals surface area contributed by atoms with Gasteiger partial charge in [0.1, 0.15) is 5.76 Å². The van der Waals surface area contributed by atoms with Gasteiger partial charge in [-0.15, -0.1) is 0 Å². The molecule has 1 aliphatic rings. The van der Waals surface area contributed by atoms with E-state index in [1.807, 2.05) is 0 Å². The second kappa shape index (κ2) is 5.42. The molecule has 2 amide bonds. The first-order chi connectivity index (χ1) is 8.56. The molecule has 1 aromatic rings. The average molecular weight is 251 g/mol. The van der Waals surface area contributed by atoms with Crippen LogP contribution >= 0.6 is 0 Å². The Hall–Kier alpha value is -1.52. The topological polar surface area (TPSA) is 67.2 Å². The summed E-state index contributed by atoms with van der Waals surface area (Å²) < 4.78 is 4.90. The summed E-state index contributed by atoms with van der Waals surface area (Å²) in [5.41, 5.74) is 0. The molecule has 2 N–H and O–H groups in total. The number of amides is 2. The minimum atomic E-state index is -0.200. The van der Waals surface area contributed by atoms with Crippen LogP contribution in [0.25, 0.3) is 0 Å². The number of nitrogens with zero attached hydrogens (tertiary/aromatic N) is 1. The van der Waals surface area contributed by atoms with E-state index in [0.717, 1.165) is 6.42 Å². The molecule has 1 fully saturated rings. The third-order valence-electron chi connectivity index (χ3n) is 3.89. The Morgan fingerprint density at radius 3 is 2.89 bits per heavy atom. The van der Waals surface area contributed by atoms with Crippen molar-refractivity contribution in [3.05, 3.63) is 11.8 Å². The van der Waals surface area contributed by atoms with Crippen molar-refractivity contribution >= 4 is 11.8 Å². The van der Waals surface area contributed by atoms with E-state index in [0.29, 0.717) is 23.4 Å². The van der Waals surface area contributed by atoms with Crippen molar-refractivity contribution in [1.29, 1.82) is 0 Å². The first-order valence-corrected chi connectivity index (χ1v) is 6.57. The smallest absolute Gasteiger partial charge is 0.320 e. The van der Waals surface area contributed by atoms with Crippen molar-refractivity contribution in [3.63, 3.8) is 0 Å². The second-order valence-electron chi connectivity index (χ2n) is 5.30. The van der Waals surface area contributed by atoms with Crippen LogP contribution in [0.4, 0.5) is 10.6 Å². The number of carbonyl (C=O) groups is 1. The largest absolute Gasteiger partial charge is 0.360 e. The number of rotatable bonds is 2. The Balaban J connectivity index is 1.87. The highest BCUT2D eigenvalue weighted by molar-refractivity contribution is 5.88. The van der Waals surface area contributed by atoms with Gasteiger partial charge in [-0.25, -0.2) is 4.79 Å². The Morgan fingerprint density at radius 1 is 1.44 bits per heavy atom. The summed E-state index contributed by atoms with van der Waals surface area (Å²) in [4.78, 5) is 11.8.